The highest BCUT2D eigenvalue weighted by molar-refractivity contribution is 6.43. The third-order valence-corrected chi connectivity index (χ3v) is 4.10. The number of allylic oxidation sites excluding steroid dienone is 1. The van der Waals surface area contributed by atoms with Gasteiger partial charge in [0.25, 0.3) is 0 Å². The van der Waals surface area contributed by atoms with Gasteiger partial charge < -0.3 is 0 Å². The van der Waals surface area contributed by atoms with E-state index in [1.807, 2.05) is 36.4 Å². The van der Waals surface area contributed by atoms with Gasteiger partial charge in [0.15, 0.2) is 0 Å². The second-order valence-corrected chi connectivity index (χ2v) is 6.63. The molecule has 0 bridgehead atoms. The Balaban J connectivity index is 2.65. The molecule has 0 saturated carbocycles. The lowest BCUT2D eigenvalue weighted by atomic mass is 9.97. The van der Waals surface area contributed by atoms with Crippen molar-refractivity contribution in [1.29, 1.82) is 0 Å². The van der Waals surface area contributed by atoms with E-state index >= 15 is 0 Å². The highest BCUT2D eigenvalue weighted by Crippen LogP contribution is 2.35. The average molecular weight is 293 g/mol. The molecule has 0 amide bonds. The fourth-order valence-corrected chi connectivity index (χ4v) is 2.97. The van der Waals surface area contributed by atoms with E-state index in [1.54, 1.807) is 0 Å². The number of benzene rings is 2. The van der Waals surface area contributed by atoms with E-state index in [1.165, 1.54) is 16.3 Å². The number of hydrogen-bond acceptors (Lipinski definition) is 0. The van der Waals surface area contributed by atoms with Crippen molar-refractivity contribution in [1.82, 2.24) is 0 Å². The van der Waals surface area contributed by atoms with E-state index in [9.17, 15) is 0 Å². The average Bonchev–Trinajstić information content (AvgIpc) is 2.36. The summed E-state index contributed by atoms with van der Waals surface area (Å²) < 4.78 is 0. The topological polar surface area (TPSA) is 0 Å². The molecule has 2 rings (SSSR count). The summed E-state index contributed by atoms with van der Waals surface area (Å²) in [6.45, 7) is 2.14. The SMILES string of the molecule is CC([SiH3])=C(c1ccccc1)c1cccc(Cl)c1Cl. The number of halogens is 2. The number of rotatable bonds is 2. The van der Waals surface area contributed by atoms with Crippen molar-refractivity contribution in [3.63, 3.8) is 0 Å². The molecule has 2 aromatic carbocycles. The van der Waals surface area contributed by atoms with Crippen LogP contribution in [0.3, 0.4) is 0 Å². The van der Waals surface area contributed by atoms with Gasteiger partial charge in [0.1, 0.15) is 0 Å². The van der Waals surface area contributed by atoms with Crippen LogP contribution in [0.15, 0.2) is 53.7 Å². The van der Waals surface area contributed by atoms with Crippen LogP contribution in [0.25, 0.3) is 5.57 Å². The van der Waals surface area contributed by atoms with Gasteiger partial charge in [0.05, 0.1) is 10.0 Å². The Morgan fingerprint density at radius 3 is 2.22 bits per heavy atom. The molecule has 0 aliphatic heterocycles. The zero-order valence-electron chi connectivity index (χ0n) is 10.4. The predicted octanol–water partition coefficient (Wildman–Crippen LogP) is 4.14. The summed E-state index contributed by atoms with van der Waals surface area (Å²) in [6.07, 6.45) is 0. The summed E-state index contributed by atoms with van der Waals surface area (Å²) in [5.74, 6) is 0. The summed E-state index contributed by atoms with van der Waals surface area (Å²) in [5, 5.41) is 2.59. The summed E-state index contributed by atoms with van der Waals surface area (Å²) >= 11 is 12.4. The van der Waals surface area contributed by atoms with Gasteiger partial charge in [-0.3, -0.25) is 0 Å². The fraction of sp³-hybridized carbons (Fsp3) is 0.0667. The zero-order valence-corrected chi connectivity index (χ0v) is 13.9. The van der Waals surface area contributed by atoms with Gasteiger partial charge in [0.2, 0.25) is 0 Å². The lowest BCUT2D eigenvalue weighted by Crippen LogP contribution is -1.93. The van der Waals surface area contributed by atoms with Crippen LogP contribution >= 0.6 is 23.2 Å². The molecule has 0 aliphatic carbocycles. The van der Waals surface area contributed by atoms with Gasteiger partial charge in [0, 0.05) is 15.8 Å². The molecule has 0 aromatic heterocycles. The molecule has 3 heteroatoms. The minimum atomic E-state index is 0.602. The van der Waals surface area contributed by atoms with Crippen LogP contribution in [0.2, 0.25) is 10.0 Å². The maximum Gasteiger partial charge on any atom is 0.0670 e. The van der Waals surface area contributed by atoms with Gasteiger partial charge in [-0.25, -0.2) is 0 Å². The highest BCUT2D eigenvalue weighted by Gasteiger charge is 2.12. The molecule has 0 atom stereocenters. The second-order valence-electron chi connectivity index (χ2n) is 4.34. The van der Waals surface area contributed by atoms with E-state index in [4.69, 9.17) is 23.2 Å². The maximum atomic E-state index is 6.33. The molecule has 0 nitrogen and oxygen atoms in total. The van der Waals surface area contributed by atoms with Crippen molar-refractivity contribution < 1.29 is 0 Å². The molecule has 0 N–H and O–H groups in total. The molecule has 2 aromatic rings. The summed E-state index contributed by atoms with van der Waals surface area (Å²) in [5.41, 5.74) is 3.41. The van der Waals surface area contributed by atoms with Crippen LogP contribution in [0.5, 0.6) is 0 Å². The molecule has 0 unspecified atom stereocenters. The normalized spacial score (nSPS) is 12.4. The Hall–Kier alpha value is -1.02. The van der Waals surface area contributed by atoms with Crippen molar-refractivity contribution in [2.45, 2.75) is 6.92 Å². The van der Waals surface area contributed by atoms with Crippen molar-refractivity contribution in [2.24, 2.45) is 0 Å². The quantitative estimate of drug-likeness (QED) is 0.730. The minimum Gasteiger partial charge on any atom is -0.0865 e. The molecule has 0 saturated heterocycles. The first-order valence-corrected chi connectivity index (χ1v) is 7.54. The van der Waals surface area contributed by atoms with Gasteiger partial charge >= 0.3 is 0 Å². The van der Waals surface area contributed by atoms with E-state index in [-0.39, 0.29) is 0 Å². The van der Waals surface area contributed by atoms with Crippen LogP contribution in [0.1, 0.15) is 18.1 Å². The second kappa shape index (κ2) is 5.74. The largest absolute Gasteiger partial charge is 0.0865 e. The Morgan fingerprint density at radius 2 is 1.61 bits per heavy atom. The van der Waals surface area contributed by atoms with Crippen LogP contribution < -0.4 is 0 Å². The van der Waals surface area contributed by atoms with Gasteiger partial charge in [-0.1, -0.05) is 70.9 Å². The molecule has 18 heavy (non-hydrogen) atoms. The van der Waals surface area contributed by atoms with Crippen LogP contribution in [0.4, 0.5) is 0 Å². The van der Waals surface area contributed by atoms with Crippen molar-refractivity contribution in [3.8, 4) is 0 Å². The molecular weight excluding hydrogens is 279 g/mol. The molecule has 0 heterocycles. The van der Waals surface area contributed by atoms with Gasteiger partial charge in [-0.05, 0) is 24.1 Å². The van der Waals surface area contributed by atoms with Crippen LogP contribution in [-0.2, 0) is 0 Å². The lowest BCUT2D eigenvalue weighted by molar-refractivity contribution is 1.51. The van der Waals surface area contributed by atoms with E-state index in [0.717, 1.165) is 15.8 Å². The summed E-state index contributed by atoms with van der Waals surface area (Å²) in [4.78, 5) is 0. The van der Waals surface area contributed by atoms with E-state index < -0.39 is 0 Å². The molecule has 0 spiro atoms. The van der Waals surface area contributed by atoms with E-state index in [0.29, 0.717) is 10.0 Å². The summed E-state index contributed by atoms with van der Waals surface area (Å²) in [6, 6.07) is 16.1. The van der Waals surface area contributed by atoms with Gasteiger partial charge in [-0.2, -0.15) is 0 Å². The Morgan fingerprint density at radius 1 is 0.944 bits per heavy atom. The molecular formula is C15H14Cl2Si. The van der Waals surface area contributed by atoms with Crippen molar-refractivity contribution in [2.75, 3.05) is 0 Å². The Labute approximate surface area is 121 Å². The Bertz CT molecular complexity index is 585. The van der Waals surface area contributed by atoms with Crippen molar-refractivity contribution >= 4 is 39.0 Å². The number of hydrogen-bond donors (Lipinski definition) is 0. The predicted molar refractivity (Wildman–Crippen MR) is 84.5 cm³/mol. The smallest absolute Gasteiger partial charge is 0.0670 e. The fourth-order valence-electron chi connectivity index (χ4n) is 2.02. The first kappa shape index (κ1) is 13.4. The maximum absolute atomic E-state index is 6.33. The first-order chi connectivity index (χ1) is 8.61. The monoisotopic (exact) mass is 292 g/mol. The third-order valence-electron chi connectivity index (χ3n) is 2.78. The zero-order chi connectivity index (χ0) is 13.1. The molecule has 0 radical (unpaired) electrons. The molecule has 92 valence electrons. The van der Waals surface area contributed by atoms with Crippen molar-refractivity contribution in [3.05, 3.63) is 74.9 Å². The standard InChI is InChI=1S/C15H14Cl2Si/c1-10(18)14(11-6-3-2-4-7-11)12-8-5-9-13(16)15(12)17/h2-9H,1,18H3. The van der Waals surface area contributed by atoms with E-state index in [2.05, 4.69) is 19.1 Å². The van der Waals surface area contributed by atoms with Gasteiger partial charge in [-0.15, -0.1) is 0 Å². The summed E-state index contributed by atoms with van der Waals surface area (Å²) in [7, 11) is 0.995. The first-order valence-electron chi connectivity index (χ1n) is 5.78. The minimum absolute atomic E-state index is 0.602. The highest BCUT2D eigenvalue weighted by atomic mass is 35.5. The molecule has 0 fully saturated rings. The third kappa shape index (κ3) is 2.69. The molecule has 0 aliphatic rings. The lowest BCUT2D eigenvalue weighted by Gasteiger charge is -2.13. The van der Waals surface area contributed by atoms with Crippen LogP contribution in [0, 0.1) is 0 Å². The van der Waals surface area contributed by atoms with Crippen LogP contribution in [-0.4, -0.2) is 10.2 Å². The Kier molecular flexibility index (Phi) is 4.28.